The van der Waals surface area contributed by atoms with Gasteiger partial charge in [-0.3, -0.25) is 9.36 Å². The lowest BCUT2D eigenvalue weighted by Gasteiger charge is -2.12. The van der Waals surface area contributed by atoms with E-state index in [1.165, 1.54) is 11.8 Å². The predicted octanol–water partition coefficient (Wildman–Crippen LogP) is 4.36. The van der Waals surface area contributed by atoms with Crippen LogP contribution in [0.4, 0.5) is 0 Å². The zero-order chi connectivity index (χ0) is 20.1. The second kappa shape index (κ2) is 9.11. The molecule has 3 aromatic heterocycles. The van der Waals surface area contributed by atoms with Gasteiger partial charge in [0.25, 0.3) is 5.56 Å². The number of hydrogen-bond acceptors (Lipinski definition) is 7. The van der Waals surface area contributed by atoms with Gasteiger partial charge in [0, 0.05) is 31.6 Å². The van der Waals surface area contributed by atoms with E-state index in [2.05, 4.69) is 5.16 Å². The largest absolute Gasteiger partial charge is 0.461 e. The van der Waals surface area contributed by atoms with Gasteiger partial charge in [0.2, 0.25) is 5.76 Å². The Bertz CT molecular complexity index is 1130. The van der Waals surface area contributed by atoms with Crippen LogP contribution in [0.5, 0.6) is 0 Å². The van der Waals surface area contributed by atoms with Crippen LogP contribution in [0.15, 0.2) is 67.6 Å². The standard InChI is InChI=1S/C21H21N3O4S/c1-2-26-11-6-10-24-20(25)16-7-3-4-8-17(16)22-21(24)29-14-15-13-19(28-23-15)18-9-5-12-27-18/h3-5,7-9,12-13H,2,6,10-11,14H2,1H3. The summed E-state index contributed by atoms with van der Waals surface area (Å²) in [6.07, 6.45) is 2.33. The Morgan fingerprint density at radius 1 is 1.17 bits per heavy atom. The fourth-order valence-corrected chi connectivity index (χ4v) is 3.88. The predicted molar refractivity (Wildman–Crippen MR) is 111 cm³/mol. The Balaban J connectivity index is 1.57. The minimum absolute atomic E-state index is 0.0361. The lowest BCUT2D eigenvalue weighted by atomic mass is 10.2. The number of hydrogen-bond donors (Lipinski definition) is 0. The molecule has 150 valence electrons. The smallest absolute Gasteiger partial charge is 0.262 e. The van der Waals surface area contributed by atoms with Crippen molar-refractivity contribution in [2.75, 3.05) is 13.2 Å². The summed E-state index contributed by atoms with van der Waals surface area (Å²) in [6, 6.07) is 12.9. The lowest BCUT2D eigenvalue weighted by Crippen LogP contribution is -2.24. The van der Waals surface area contributed by atoms with Crippen LogP contribution >= 0.6 is 11.8 Å². The van der Waals surface area contributed by atoms with Crippen LogP contribution in [0.2, 0.25) is 0 Å². The first-order chi connectivity index (χ1) is 14.3. The summed E-state index contributed by atoms with van der Waals surface area (Å²) in [5.74, 6) is 1.73. The summed E-state index contributed by atoms with van der Waals surface area (Å²) in [6.45, 7) is 3.78. The number of fused-ring (bicyclic) bond motifs is 1. The van der Waals surface area contributed by atoms with E-state index < -0.39 is 0 Å². The summed E-state index contributed by atoms with van der Waals surface area (Å²) in [7, 11) is 0. The molecule has 0 saturated carbocycles. The zero-order valence-corrected chi connectivity index (χ0v) is 16.9. The molecule has 4 aromatic rings. The van der Waals surface area contributed by atoms with Crippen molar-refractivity contribution < 1.29 is 13.7 Å². The maximum atomic E-state index is 13.0. The van der Waals surface area contributed by atoms with Crippen molar-refractivity contribution >= 4 is 22.7 Å². The minimum Gasteiger partial charge on any atom is -0.461 e. The van der Waals surface area contributed by atoms with Crippen molar-refractivity contribution in [2.45, 2.75) is 30.8 Å². The molecule has 0 radical (unpaired) electrons. The van der Waals surface area contributed by atoms with E-state index in [1.807, 2.05) is 43.3 Å². The third-order valence-electron chi connectivity index (χ3n) is 4.37. The number of thioether (sulfide) groups is 1. The van der Waals surface area contributed by atoms with Crippen LogP contribution in [0.25, 0.3) is 22.4 Å². The van der Waals surface area contributed by atoms with Crippen LogP contribution in [-0.4, -0.2) is 27.9 Å². The topological polar surface area (TPSA) is 83.3 Å². The van der Waals surface area contributed by atoms with Crippen molar-refractivity contribution in [3.63, 3.8) is 0 Å². The Morgan fingerprint density at radius 2 is 2.07 bits per heavy atom. The molecular formula is C21H21N3O4S. The molecule has 0 unspecified atom stereocenters. The second-order valence-electron chi connectivity index (χ2n) is 6.37. The maximum Gasteiger partial charge on any atom is 0.262 e. The van der Waals surface area contributed by atoms with Gasteiger partial charge in [-0.05, 0) is 37.6 Å². The van der Waals surface area contributed by atoms with Gasteiger partial charge in [0.15, 0.2) is 10.9 Å². The van der Waals surface area contributed by atoms with Crippen molar-refractivity contribution in [1.29, 1.82) is 0 Å². The van der Waals surface area contributed by atoms with Gasteiger partial charge in [-0.15, -0.1) is 0 Å². The Hall–Kier alpha value is -2.84. The Kier molecular flexibility index (Phi) is 6.12. The summed E-state index contributed by atoms with van der Waals surface area (Å²) in [4.78, 5) is 17.7. The maximum absolute atomic E-state index is 13.0. The number of nitrogens with zero attached hydrogens (tertiary/aromatic N) is 3. The Labute approximate surface area is 171 Å². The molecule has 0 amide bonds. The lowest BCUT2D eigenvalue weighted by molar-refractivity contribution is 0.140. The molecule has 0 saturated heterocycles. The average molecular weight is 411 g/mol. The third-order valence-corrected chi connectivity index (χ3v) is 5.38. The molecule has 0 aliphatic rings. The number of ether oxygens (including phenoxy) is 1. The second-order valence-corrected chi connectivity index (χ2v) is 7.31. The molecule has 0 bridgehead atoms. The summed E-state index contributed by atoms with van der Waals surface area (Å²) < 4.78 is 17.8. The van der Waals surface area contributed by atoms with E-state index >= 15 is 0 Å². The van der Waals surface area contributed by atoms with Crippen molar-refractivity contribution in [1.82, 2.24) is 14.7 Å². The Morgan fingerprint density at radius 3 is 2.90 bits per heavy atom. The van der Waals surface area contributed by atoms with Crippen LogP contribution in [0.1, 0.15) is 19.0 Å². The van der Waals surface area contributed by atoms with Crippen LogP contribution in [0.3, 0.4) is 0 Å². The molecular weight excluding hydrogens is 390 g/mol. The van der Waals surface area contributed by atoms with Gasteiger partial charge in [-0.2, -0.15) is 0 Å². The molecule has 7 nitrogen and oxygen atoms in total. The molecule has 4 rings (SSSR count). The summed E-state index contributed by atoms with van der Waals surface area (Å²) in [5, 5.41) is 5.38. The van der Waals surface area contributed by atoms with Gasteiger partial charge in [0.05, 0.1) is 22.9 Å². The first-order valence-electron chi connectivity index (χ1n) is 9.46. The van der Waals surface area contributed by atoms with E-state index in [-0.39, 0.29) is 5.56 Å². The summed E-state index contributed by atoms with van der Waals surface area (Å²) >= 11 is 1.46. The highest BCUT2D eigenvalue weighted by atomic mass is 32.2. The molecule has 29 heavy (non-hydrogen) atoms. The van der Waals surface area contributed by atoms with E-state index in [0.29, 0.717) is 53.1 Å². The van der Waals surface area contributed by atoms with Crippen LogP contribution < -0.4 is 5.56 Å². The third kappa shape index (κ3) is 4.44. The summed E-state index contributed by atoms with van der Waals surface area (Å²) in [5.41, 5.74) is 1.41. The van der Waals surface area contributed by atoms with Crippen molar-refractivity contribution in [3.8, 4) is 11.5 Å². The van der Waals surface area contributed by atoms with Gasteiger partial charge >= 0.3 is 0 Å². The number of rotatable bonds is 9. The molecule has 0 fully saturated rings. The molecule has 3 heterocycles. The van der Waals surface area contributed by atoms with Crippen molar-refractivity contribution in [2.24, 2.45) is 0 Å². The highest BCUT2D eigenvalue weighted by Crippen LogP contribution is 2.26. The molecule has 0 atom stereocenters. The highest BCUT2D eigenvalue weighted by Gasteiger charge is 2.14. The molecule has 8 heteroatoms. The molecule has 1 aromatic carbocycles. The van der Waals surface area contributed by atoms with Gasteiger partial charge in [-0.1, -0.05) is 29.1 Å². The first kappa shape index (κ1) is 19.5. The molecule has 0 aliphatic heterocycles. The zero-order valence-electron chi connectivity index (χ0n) is 16.0. The van der Waals surface area contributed by atoms with Crippen LogP contribution in [0, 0.1) is 0 Å². The molecule has 0 aliphatic carbocycles. The minimum atomic E-state index is -0.0361. The van der Waals surface area contributed by atoms with E-state index in [9.17, 15) is 4.79 Å². The van der Waals surface area contributed by atoms with Crippen molar-refractivity contribution in [3.05, 3.63) is 64.8 Å². The normalized spacial score (nSPS) is 11.3. The number of benzene rings is 1. The monoisotopic (exact) mass is 411 g/mol. The molecule has 0 N–H and O–H groups in total. The first-order valence-corrected chi connectivity index (χ1v) is 10.4. The van der Waals surface area contributed by atoms with E-state index in [0.717, 1.165) is 12.1 Å². The van der Waals surface area contributed by atoms with Gasteiger partial charge in [-0.25, -0.2) is 4.98 Å². The van der Waals surface area contributed by atoms with Crippen LogP contribution in [-0.2, 0) is 17.0 Å². The highest BCUT2D eigenvalue weighted by molar-refractivity contribution is 7.98. The fourth-order valence-electron chi connectivity index (χ4n) is 2.98. The number of aromatic nitrogens is 3. The SMILES string of the molecule is CCOCCCn1c(SCc2cc(-c3ccco3)on2)nc2ccccc2c1=O. The number of furan rings is 1. The quantitative estimate of drug-likeness (QED) is 0.230. The van der Waals surface area contributed by atoms with Gasteiger partial charge in [0.1, 0.15) is 0 Å². The fraction of sp³-hybridized carbons (Fsp3) is 0.286. The molecule has 0 spiro atoms. The average Bonchev–Trinajstić information content (AvgIpc) is 3.43. The van der Waals surface area contributed by atoms with E-state index in [4.69, 9.17) is 18.7 Å². The number of para-hydroxylation sites is 1. The van der Waals surface area contributed by atoms with Gasteiger partial charge < -0.3 is 13.7 Å². The van der Waals surface area contributed by atoms with E-state index in [1.54, 1.807) is 16.9 Å².